The number of hydrogen-bond donors (Lipinski definition) is 1. The van der Waals surface area contributed by atoms with Crippen LogP contribution in [0.2, 0.25) is 0 Å². The van der Waals surface area contributed by atoms with Crippen molar-refractivity contribution in [2.24, 2.45) is 11.7 Å². The second-order valence-corrected chi connectivity index (χ2v) is 2.48. The Bertz CT molecular complexity index is 56.9. The molecule has 0 radical (unpaired) electrons. The molecule has 0 bridgehead atoms. The third-order valence-electron chi connectivity index (χ3n) is 1.45. The van der Waals surface area contributed by atoms with E-state index in [1.165, 1.54) is 6.42 Å². The van der Waals surface area contributed by atoms with Crippen molar-refractivity contribution in [2.75, 3.05) is 20.3 Å². The van der Waals surface area contributed by atoms with E-state index in [-0.39, 0.29) is 0 Å². The minimum absolute atomic E-state index is 0.653. The lowest BCUT2D eigenvalue weighted by molar-refractivity contribution is 0.188. The summed E-state index contributed by atoms with van der Waals surface area (Å²) < 4.78 is 4.90. The van der Waals surface area contributed by atoms with Gasteiger partial charge in [-0.25, -0.2) is 0 Å². The highest BCUT2D eigenvalue weighted by Crippen LogP contribution is 2.01. The van der Waals surface area contributed by atoms with Crippen LogP contribution in [0.15, 0.2) is 0 Å². The van der Waals surface area contributed by atoms with Gasteiger partial charge in [0.15, 0.2) is 0 Å². The monoisotopic (exact) mass is 131 g/mol. The van der Waals surface area contributed by atoms with E-state index in [0.717, 1.165) is 19.6 Å². The van der Waals surface area contributed by atoms with E-state index in [4.69, 9.17) is 10.5 Å². The molecule has 2 heteroatoms. The largest absolute Gasteiger partial charge is 0.385 e. The first kappa shape index (κ1) is 8.92. The van der Waals surface area contributed by atoms with Crippen LogP contribution in [0, 0.1) is 5.92 Å². The van der Waals surface area contributed by atoms with Crippen molar-refractivity contribution in [3.63, 3.8) is 0 Å². The van der Waals surface area contributed by atoms with Crippen LogP contribution < -0.4 is 5.73 Å². The highest BCUT2D eigenvalue weighted by molar-refractivity contribution is 4.51. The molecule has 0 saturated carbocycles. The number of hydrogen-bond acceptors (Lipinski definition) is 2. The fourth-order valence-corrected chi connectivity index (χ4v) is 0.694. The maximum absolute atomic E-state index is 5.41. The summed E-state index contributed by atoms with van der Waals surface area (Å²) >= 11 is 0. The minimum atomic E-state index is 0.653. The molecular formula is C7H17NO. The van der Waals surface area contributed by atoms with E-state index in [9.17, 15) is 0 Å². The summed E-state index contributed by atoms with van der Waals surface area (Å²) in [7, 11) is 1.73. The summed E-state index contributed by atoms with van der Waals surface area (Å²) in [6.07, 6.45) is 2.32. The van der Waals surface area contributed by atoms with Gasteiger partial charge in [0, 0.05) is 13.7 Å². The maximum atomic E-state index is 5.41. The number of methoxy groups -OCH3 is 1. The van der Waals surface area contributed by atoms with Crippen molar-refractivity contribution in [1.82, 2.24) is 0 Å². The molecular weight excluding hydrogens is 114 g/mol. The van der Waals surface area contributed by atoms with Crippen LogP contribution in [0.3, 0.4) is 0 Å². The average Bonchev–Trinajstić information content (AvgIpc) is 1.89. The van der Waals surface area contributed by atoms with Crippen LogP contribution in [0.5, 0.6) is 0 Å². The van der Waals surface area contributed by atoms with Gasteiger partial charge in [0.25, 0.3) is 0 Å². The van der Waals surface area contributed by atoms with Gasteiger partial charge in [-0.05, 0) is 25.3 Å². The third kappa shape index (κ3) is 5.80. The Kier molecular flexibility index (Phi) is 5.99. The summed E-state index contributed by atoms with van der Waals surface area (Å²) in [6, 6.07) is 0. The van der Waals surface area contributed by atoms with Crippen LogP contribution in [0.1, 0.15) is 19.8 Å². The highest BCUT2D eigenvalue weighted by atomic mass is 16.5. The summed E-state index contributed by atoms with van der Waals surface area (Å²) in [4.78, 5) is 0. The van der Waals surface area contributed by atoms with Crippen molar-refractivity contribution in [1.29, 1.82) is 0 Å². The first-order valence-electron chi connectivity index (χ1n) is 3.50. The second-order valence-electron chi connectivity index (χ2n) is 2.48. The van der Waals surface area contributed by atoms with E-state index in [1.54, 1.807) is 7.11 Å². The number of ether oxygens (including phenoxy) is 1. The van der Waals surface area contributed by atoms with Gasteiger partial charge < -0.3 is 10.5 Å². The molecule has 0 unspecified atom stereocenters. The molecule has 0 aliphatic carbocycles. The topological polar surface area (TPSA) is 35.2 Å². The Morgan fingerprint density at radius 1 is 1.56 bits per heavy atom. The van der Waals surface area contributed by atoms with Gasteiger partial charge in [-0.1, -0.05) is 6.92 Å². The smallest absolute Gasteiger partial charge is 0.0462 e. The predicted octanol–water partition coefficient (Wildman–Crippen LogP) is 1.01. The summed E-state index contributed by atoms with van der Waals surface area (Å²) in [5, 5.41) is 0. The van der Waals surface area contributed by atoms with Gasteiger partial charge in [0.2, 0.25) is 0 Å². The first-order chi connectivity index (χ1) is 4.31. The van der Waals surface area contributed by atoms with Crippen molar-refractivity contribution >= 4 is 0 Å². The Morgan fingerprint density at radius 2 is 2.22 bits per heavy atom. The Labute approximate surface area is 57.4 Å². The van der Waals surface area contributed by atoms with Crippen LogP contribution in [0.25, 0.3) is 0 Å². The number of rotatable bonds is 5. The van der Waals surface area contributed by atoms with Crippen LogP contribution >= 0.6 is 0 Å². The fourth-order valence-electron chi connectivity index (χ4n) is 0.694. The predicted molar refractivity (Wildman–Crippen MR) is 39.3 cm³/mol. The van der Waals surface area contributed by atoms with Gasteiger partial charge in [-0.15, -0.1) is 0 Å². The molecule has 0 saturated heterocycles. The van der Waals surface area contributed by atoms with Crippen molar-refractivity contribution < 1.29 is 4.74 Å². The zero-order valence-corrected chi connectivity index (χ0v) is 6.39. The van der Waals surface area contributed by atoms with E-state index >= 15 is 0 Å². The Balaban J connectivity index is 2.88. The molecule has 0 amide bonds. The molecule has 9 heavy (non-hydrogen) atoms. The molecule has 2 nitrogen and oxygen atoms in total. The lowest BCUT2D eigenvalue weighted by atomic mass is 10.1. The fraction of sp³-hybridized carbons (Fsp3) is 1.00. The van der Waals surface area contributed by atoms with Crippen LogP contribution in [0.4, 0.5) is 0 Å². The van der Waals surface area contributed by atoms with E-state index in [0.29, 0.717) is 5.92 Å². The molecule has 0 aliphatic rings. The Morgan fingerprint density at radius 3 is 2.67 bits per heavy atom. The maximum Gasteiger partial charge on any atom is 0.0462 e. The third-order valence-corrected chi connectivity index (χ3v) is 1.45. The van der Waals surface area contributed by atoms with Crippen molar-refractivity contribution in [3.05, 3.63) is 0 Å². The standard InChI is InChI=1S/C7H17NO/c1-7(6-8)4-3-5-9-2/h7H,3-6,8H2,1-2H3/t7-/m1/s1. The molecule has 0 aromatic rings. The Hall–Kier alpha value is -0.0800. The lowest BCUT2D eigenvalue weighted by Gasteiger charge is -2.05. The lowest BCUT2D eigenvalue weighted by Crippen LogP contribution is -2.10. The molecule has 0 aliphatic heterocycles. The zero-order valence-electron chi connectivity index (χ0n) is 6.39. The second kappa shape index (κ2) is 6.05. The van der Waals surface area contributed by atoms with Crippen LogP contribution in [-0.2, 0) is 4.74 Å². The molecule has 0 aromatic carbocycles. The summed E-state index contributed by atoms with van der Waals surface area (Å²) in [6.45, 7) is 3.82. The van der Waals surface area contributed by atoms with E-state index < -0.39 is 0 Å². The first-order valence-corrected chi connectivity index (χ1v) is 3.50. The molecule has 0 aromatic heterocycles. The van der Waals surface area contributed by atoms with Gasteiger partial charge in [-0.3, -0.25) is 0 Å². The molecule has 2 N–H and O–H groups in total. The molecule has 0 fully saturated rings. The van der Waals surface area contributed by atoms with Gasteiger partial charge in [0.1, 0.15) is 0 Å². The van der Waals surface area contributed by atoms with E-state index in [2.05, 4.69) is 6.92 Å². The zero-order chi connectivity index (χ0) is 7.11. The minimum Gasteiger partial charge on any atom is -0.385 e. The molecule has 1 atom stereocenters. The molecule has 0 spiro atoms. The molecule has 0 heterocycles. The molecule has 56 valence electrons. The van der Waals surface area contributed by atoms with E-state index in [1.807, 2.05) is 0 Å². The van der Waals surface area contributed by atoms with Crippen molar-refractivity contribution in [3.8, 4) is 0 Å². The quantitative estimate of drug-likeness (QED) is 0.565. The highest BCUT2D eigenvalue weighted by Gasteiger charge is 1.96. The average molecular weight is 131 g/mol. The van der Waals surface area contributed by atoms with Gasteiger partial charge >= 0.3 is 0 Å². The summed E-state index contributed by atoms with van der Waals surface area (Å²) in [5.74, 6) is 0.653. The number of nitrogens with two attached hydrogens (primary N) is 1. The normalized spacial score (nSPS) is 13.7. The van der Waals surface area contributed by atoms with Gasteiger partial charge in [-0.2, -0.15) is 0 Å². The van der Waals surface area contributed by atoms with Crippen LogP contribution in [-0.4, -0.2) is 20.3 Å². The van der Waals surface area contributed by atoms with Crippen molar-refractivity contribution in [2.45, 2.75) is 19.8 Å². The van der Waals surface area contributed by atoms with Gasteiger partial charge in [0.05, 0.1) is 0 Å². The molecule has 0 rings (SSSR count). The summed E-state index contributed by atoms with van der Waals surface area (Å²) in [5.41, 5.74) is 5.41. The SMILES string of the molecule is COCCC[C@@H](C)CN.